The van der Waals surface area contributed by atoms with Crippen molar-refractivity contribution >= 4 is 21.6 Å². The van der Waals surface area contributed by atoms with Gasteiger partial charge in [-0.1, -0.05) is 38.1 Å². The lowest BCUT2D eigenvalue weighted by atomic mass is 9.83. The van der Waals surface area contributed by atoms with E-state index in [9.17, 15) is 13.2 Å². The zero-order chi connectivity index (χ0) is 23.7. The number of fused-ring (bicyclic) bond motifs is 1. The predicted molar refractivity (Wildman–Crippen MR) is 129 cm³/mol. The van der Waals surface area contributed by atoms with Crippen LogP contribution in [0.4, 0.5) is 5.69 Å². The van der Waals surface area contributed by atoms with Crippen LogP contribution in [0, 0.1) is 13.8 Å². The van der Waals surface area contributed by atoms with Crippen LogP contribution in [0.15, 0.2) is 42.5 Å². The van der Waals surface area contributed by atoms with Crippen LogP contribution in [0.1, 0.15) is 62.8 Å². The number of hydrogen-bond acceptors (Lipinski definition) is 4. The SMILES string of the molecule is CCC1(CC)C[C@@H](NC(=O)[C@H](C)N(c2ccc(C)c(C)c2)S(C)(=O)=O)c2ccccc2O1. The summed E-state index contributed by atoms with van der Waals surface area (Å²) in [7, 11) is -3.68. The number of carbonyl (C=O) groups excluding carboxylic acids is 1. The fourth-order valence-corrected chi connectivity index (χ4v) is 5.56. The highest BCUT2D eigenvalue weighted by molar-refractivity contribution is 7.92. The van der Waals surface area contributed by atoms with Crippen LogP contribution in [0.3, 0.4) is 0 Å². The predicted octanol–water partition coefficient (Wildman–Crippen LogP) is 4.66. The summed E-state index contributed by atoms with van der Waals surface area (Å²) in [4.78, 5) is 13.4. The molecule has 3 rings (SSSR count). The van der Waals surface area contributed by atoms with Gasteiger partial charge in [0.2, 0.25) is 15.9 Å². The molecule has 0 spiro atoms. The molecular weight excluding hydrogens is 424 g/mol. The molecule has 2 atom stereocenters. The first-order valence-electron chi connectivity index (χ1n) is 11.2. The van der Waals surface area contributed by atoms with Gasteiger partial charge in [-0.25, -0.2) is 8.42 Å². The van der Waals surface area contributed by atoms with E-state index in [2.05, 4.69) is 19.2 Å². The molecule has 0 saturated heterocycles. The average Bonchev–Trinajstić information content (AvgIpc) is 2.75. The van der Waals surface area contributed by atoms with Gasteiger partial charge in [0.05, 0.1) is 18.0 Å². The minimum atomic E-state index is -3.68. The number of benzene rings is 2. The number of ether oxygens (including phenoxy) is 1. The van der Waals surface area contributed by atoms with E-state index in [-0.39, 0.29) is 17.6 Å². The molecule has 1 heterocycles. The minimum Gasteiger partial charge on any atom is -0.487 e. The maximum absolute atomic E-state index is 13.4. The summed E-state index contributed by atoms with van der Waals surface area (Å²) in [6.45, 7) is 9.70. The fourth-order valence-electron chi connectivity index (χ4n) is 4.39. The summed E-state index contributed by atoms with van der Waals surface area (Å²) in [5, 5.41) is 3.12. The molecule has 0 unspecified atom stereocenters. The summed E-state index contributed by atoms with van der Waals surface area (Å²) in [6.07, 6.45) is 3.41. The van der Waals surface area contributed by atoms with E-state index in [1.165, 1.54) is 4.31 Å². The molecule has 0 fully saturated rings. The van der Waals surface area contributed by atoms with Gasteiger partial charge in [0, 0.05) is 12.0 Å². The second-order valence-electron chi connectivity index (χ2n) is 8.80. The number of para-hydroxylation sites is 1. The van der Waals surface area contributed by atoms with Crippen LogP contribution >= 0.6 is 0 Å². The number of nitrogens with zero attached hydrogens (tertiary/aromatic N) is 1. The molecule has 1 aliphatic heterocycles. The third-order valence-corrected chi connectivity index (χ3v) is 7.88. The van der Waals surface area contributed by atoms with Gasteiger partial charge in [0.25, 0.3) is 0 Å². The molecule has 1 amide bonds. The topological polar surface area (TPSA) is 75.7 Å². The first kappa shape index (κ1) is 24.1. The van der Waals surface area contributed by atoms with Crippen molar-refractivity contribution in [1.82, 2.24) is 5.32 Å². The van der Waals surface area contributed by atoms with Crippen LogP contribution in [0.5, 0.6) is 5.75 Å². The number of carbonyl (C=O) groups is 1. The van der Waals surface area contributed by atoms with E-state index in [0.29, 0.717) is 12.1 Å². The van der Waals surface area contributed by atoms with E-state index in [4.69, 9.17) is 4.74 Å². The first-order valence-corrected chi connectivity index (χ1v) is 13.0. The number of anilines is 1. The Hall–Kier alpha value is -2.54. The molecular formula is C25H34N2O4S. The Balaban J connectivity index is 1.92. The highest BCUT2D eigenvalue weighted by atomic mass is 32.2. The Kier molecular flexibility index (Phi) is 6.89. The molecule has 0 aliphatic carbocycles. The van der Waals surface area contributed by atoms with Crippen LogP contribution < -0.4 is 14.4 Å². The Morgan fingerprint density at radius 1 is 1.16 bits per heavy atom. The minimum absolute atomic E-state index is 0.254. The van der Waals surface area contributed by atoms with Crippen molar-refractivity contribution in [2.75, 3.05) is 10.6 Å². The molecule has 2 aromatic rings. The van der Waals surface area contributed by atoms with Gasteiger partial charge in [-0.3, -0.25) is 9.10 Å². The number of nitrogens with one attached hydrogen (secondary N) is 1. The lowest BCUT2D eigenvalue weighted by Crippen LogP contribution is -2.51. The third-order valence-electron chi connectivity index (χ3n) is 6.64. The summed E-state index contributed by atoms with van der Waals surface area (Å²) < 4.78 is 32.9. The Morgan fingerprint density at radius 2 is 1.81 bits per heavy atom. The van der Waals surface area contributed by atoms with Crippen molar-refractivity contribution < 1.29 is 17.9 Å². The largest absolute Gasteiger partial charge is 0.487 e. The molecule has 174 valence electrons. The molecule has 0 aromatic heterocycles. The molecule has 2 aromatic carbocycles. The highest BCUT2D eigenvalue weighted by Gasteiger charge is 2.40. The Morgan fingerprint density at radius 3 is 2.41 bits per heavy atom. The van der Waals surface area contributed by atoms with E-state index in [1.54, 1.807) is 13.0 Å². The molecule has 1 N–H and O–H groups in total. The number of rotatable bonds is 7. The molecule has 0 radical (unpaired) electrons. The van der Waals surface area contributed by atoms with E-state index in [0.717, 1.165) is 41.5 Å². The Bertz CT molecular complexity index is 1090. The van der Waals surface area contributed by atoms with Crippen LogP contribution in [0.25, 0.3) is 0 Å². The summed E-state index contributed by atoms with van der Waals surface area (Å²) >= 11 is 0. The molecule has 0 bridgehead atoms. The van der Waals surface area contributed by atoms with Crippen molar-refractivity contribution in [2.24, 2.45) is 0 Å². The van der Waals surface area contributed by atoms with Crippen molar-refractivity contribution in [3.8, 4) is 5.75 Å². The van der Waals surface area contributed by atoms with E-state index in [1.807, 2.05) is 50.2 Å². The monoisotopic (exact) mass is 458 g/mol. The summed E-state index contributed by atoms with van der Waals surface area (Å²) in [5.41, 5.74) is 3.08. The summed E-state index contributed by atoms with van der Waals surface area (Å²) in [5.74, 6) is 0.436. The van der Waals surface area contributed by atoms with E-state index < -0.39 is 16.1 Å². The highest BCUT2D eigenvalue weighted by Crippen LogP contribution is 2.42. The van der Waals surface area contributed by atoms with Crippen molar-refractivity contribution in [3.63, 3.8) is 0 Å². The van der Waals surface area contributed by atoms with Gasteiger partial charge < -0.3 is 10.1 Å². The quantitative estimate of drug-likeness (QED) is 0.655. The molecule has 7 heteroatoms. The van der Waals surface area contributed by atoms with Crippen LogP contribution in [-0.4, -0.2) is 32.2 Å². The number of aryl methyl sites for hydroxylation is 2. The molecule has 0 saturated carbocycles. The Labute approximate surface area is 192 Å². The number of sulfonamides is 1. The smallest absolute Gasteiger partial charge is 0.244 e. The lowest BCUT2D eigenvalue weighted by molar-refractivity contribution is -0.123. The average molecular weight is 459 g/mol. The maximum Gasteiger partial charge on any atom is 0.244 e. The second-order valence-corrected chi connectivity index (χ2v) is 10.7. The number of amides is 1. The zero-order valence-corrected chi connectivity index (χ0v) is 20.6. The van der Waals surface area contributed by atoms with E-state index >= 15 is 0 Å². The van der Waals surface area contributed by atoms with Crippen molar-refractivity contribution in [1.29, 1.82) is 0 Å². The van der Waals surface area contributed by atoms with Crippen molar-refractivity contribution in [3.05, 3.63) is 59.2 Å². The van der Waals surface area contributed by atoms with Gasteiger partial charge in [0.15, 0.2) is 0 Å². The standard InChI is InChI=1S/C25H34N2O4S/c1-7-25(8-2)16-22(21-11-9-10-12-23(21)31-25)26-24(28)19(5)27(32(6,29)30)20-14-13-17(3)18(4)15-20/h9-15,19,22H,7-8,16H2,1-6H3,(H,26,28)/t19-,22+/m0/s1. The third kappa shape index (κ3) is 4.77. The van der Waals surface area contributed by atoms with Crippen LogP contribution in [0.2, 0.25) is 0 Å². The van der Waals surface area contributed by atoms with Crippen LogP contribution in [-0.2, 0) is 14.8 Å². The molecule has 32 heavy (non-hydrogen) atoms. The molecule has 1 aliphatic rings. The number of hydrogen-bond donors (Lipinski definition) is 1. The van der Waals surface area contributed by atoms with Gasteiger partial charge in [-0.15, -0.1) is 0 Å². The maximum atomic E-state index is 13.4. The first-order chi connectivity index (χ1) is 15.0. The van der Waals surface area contributed by atoms with Gasteiger partial charge in [-0.05, 0) is 62.9 Å². The van der Waals surface area contributed by atoms with Gasteiger partial charge in [-0.2, -0.15) is 0 Å². The fraction of sp³-hybridized carbons (Fsp3) is 0.480. The normalized spacial score (nSPS) is 18.2. The lowest BCUT2D eigenvalue weighted by Gasteiger charge is -2.42. The van der Waals surface area contributed by atoms with Crippen molar-refractivity contribution in [2.45, 2.75) is 71.6 Å². The summed E-state index contributed by atoms with van der Waals surface area (Å²) in [6, 6.07) is 12.0. The second kappa shape index (κ2) is 9.14. The van der Waals surface area contributed by atoms with Gasteiger partial charge >= 0.3 is 0 Å². The molecule has 6 nitrogen and oxygen atoms in total. The zero-order valence-electron chi connectivity index (χ0n) is 19.8. The van der Waals surface area contributed by atoms with Gasteiger partial charge in [0.1, 0.15) is 17.4 Å².